The smallest absolute Gasteiger partial charge is 0.191 e. The molecule has 1 heterocycles. The van der Waals surface area contributed by atoms with Gasteiger partial charge in [0.05, 0.1) is 26.4 Å². The summed E-state index contributed by atoms with van der Waals surface area (Å²) in [4.78, 5) is 6.77. The Bertz CT molecular complexity index is 792. The second-order valence-corrected chi connectivity index (χ2v) is 7.25. The largest absolute Gasteiger partial charge is 0.497 e. The summed E-state index contributed by atoms with van der Waals surface area (Å²) in [6, 6.07) is 16.2. The fourth-order valence-corrected chi connectivity index (χ4v) is 3.68. The lowest BCUT2D eigenvalue weighted by molar-refractivity contribution is 0.0170. The maximum atomic E-state index is 6.51. The van der Waals surface area contributed by atoms with Crippen molar-refractivity contribution in [1.82, 2.24) is 15.5 Å². The number of methoxy groups -OCH3 is 1. The number of guanidine groups is 1. The minimum atomic E-state index is 0.145. The molecule has 156 valence electrons. The van der Waals surface area contributed by atoms with Gasteiger partial charge < -0.3 is 20.1 Å². The van der Waals surface area contributed by atoms with E-state index in [1.165, 1.54) is 0 Å². The zero-order chi connectivity index (χ0) is 20.5. The van der Waals surface area contributed by atoms with Crippen molar-refractivity contribution in [3.63, 3.8) is 0 Å². The molecule has 3 rings (SSSR count). The molecule has 0 aromatic heterocycles. The number of ether oxygens (including phenoxy) is 2. The second-order valence-electron chi connectivity index (χ2n) is 6.84. The lowest BCUT2D eigenvalue weighted by atomic mass is 10.0. The molecule has 0 amide bonds. The molecule has 1 unspecified atom stereocenters. The fraction of sp³-hybridized carbons (Fsp3) is 0.409. The Kier molecular flexibility index (Phi) is 8.16. The van der Waals surface area contributed by atoms with E-state index in [-0.39, 0.29) is 6.04 Å². The van der Waals surface area contributed by atoms with Crippen molar-refractivity contribution in [3.8, 4) is 5.75 Å². The van der Waals surface area contributed by atoms with Crippen molar-refractivity contribution in [1.29, 1.82) is 0 Å². The summed E-state index contributed by atoms with van der Waals surface area (Å²) in [5.74, 6) is 1.61. The molecule has 1 saturated heterocycles. The van der Waals surface area contributed by atoms with E-state index in [1.54, 1.807) is 14.2 Å². The van der Waals surface area contributed by atoms with Gasteiger partial charge in [-0.05, 0) is 29.3 Å². The fourth-order valence-electron chi connectivity index (χ4n) is 3.41. The molecule has 2 aromatic carbocycles. The quantitative estimate of drug-likeness (QED) is 0.536. The monoisotopic (exact) mass is 416 g/mol. The van der Waals surface area contributed by atoms with Crippen LogP contribution in [0.2, 0.25) is 5.02 Å². The number of nitrogens with one attached hydrogen (secondary N) is 2. The van der Waals surface area contributed by atoms with Crippen molar-refractivity contribution in [2.75, 3.05) is 47.0 Å². The zero-order valence-electron chi connectivity index (χ0n) is 17.0. The van der Waals surface area contributed by atoms with Gasteiger partial charge >= 0.3 is 0 Å². The highest BCUT2D eigenvalue weighted by atomic mass is 35.5. The van der Waals surface area contributed by atoms with Crippen LogP contribution < -0.4 is 15.4 Å². The van der Waals surface area contributed by atoms with E-state index in [2.05, 4.69) is 26.6 Å². The Morgan fingerprint density at radius 1 is 1.14 bits per heavy atom. The predicted molar refractivity (Wildman–Crippen MR) is 118 cm³/mol. The highest BCUT2D eigenvalue weighted by molar-refractivity contribution is 6.31. The number of hydrogen-bond donors (Lipinski definition) is 2. The van der Waals surface area contributed by atoms with E-state index in [4.69, 9.17) is 21.1 Å². The highest BCUT2D eigenvalue weighted by Gasteiger charge is 2.24. The van der Waals surface area contributed by atoms with Crippen LogP contribution in [0.4, 0.5) is 0 Å². The lowest BCUT2D eigenvalue weighted by Gasteiger charge is -2.35. The molecule has 0 aliphatic carbocycles. The Balaban J connectivity index is 1.62. The number of hydrogen-bond acceptors (Lipinski definition) is 4. The summed E-state index contributed by atoms with van der Waals surface area (Å²) in [5, 5.41) is 7.61. The minimum Gasteiger partial charge on any atom is -0.497 e. The van der Waals surface area contributed by atoms with Gasteiger partial charge in [-0.3, -0.25) is 9.89 Å². The molecule has 7 heteroatoms. The Hall–Kier alpha value is -2.28. The van der Waals surface area contributed by atoms with E-state index in [0.717, 1.165) is 54.2 Å². The normalized spacial score (nSPS) is 16.3. The highest BCUT2D eigenvalue weighted by Crippen LogP contribution is 2.27. The molecule has 1 fully saturated rings. The van der Waals surface area contributed by atoms with Crippen LogP contribution in [-0.4, -0.2) is 57.9 Å². The summed E-state index contributed by atoms with van der Waals surface area (Å²) >= 11 is 6.51. The Morgan fingerprint density at radius 2 is 1.86 bits per heavy atom. The van der Waals surface area contributed by atoms with Gasteiger partial charge in [-0.25, -0.2) is 0 Å². The molecular formula is C22H29ClN4O2. The molecule has 0 bridgehead atoms. The lowest BCUT2D eigenvalue weighted by Crippen LogP contribution is -2.46. The van der Waals surface area contributed by atoms with Crippen LogP contribution in [0.15, 0.2) is 53.5 Å². The van der Waals surface area contributed by atoms with Gasteiger partial charge in [0.1, 0.15) is 5.75 Å². The molecule has 2 N–H and O–H groups in total. The van der Waals surface area contributed by atoms with Crippen LogP contribution in [0.5, 0.6) is 5.75 Å². The van der Waals surface area contributed by atoms with Crippen molar-refractivity contribution in [2.24, 2.45) is 4.99 Å². The molecule has 2 aromatic rings. The third-order valence-electron chi connectivity index (χ3n) is 5.06. The molecule has 1 aliphatic rings. The number of aliphatic imine (C=N–C) groups is 1. The average molecular weight is 417 g/mol. The number of rotatable bonds is 7. The van der Waals surface area contributed by atoms with Crippen molar-refractivity contribution < 1.29 is 9.47 Å². The summed E-state index contributed by atoms with van der Waals surface area (Å²) in [5.41, 5.74) is 2.28. The number of morpholine rings is 1. The van der Waals surface area contributed by atoms with E-state index >= 15 is 0 Å². The SMILES string of the molecule is CN=C(NCc1ccc(OC)cc1)NCC(c1ccccc1Cl)N1CCOCC1. The van der Waals surface area contributed by atoms with Crippen LogP contribution in [-0.2, 0) is 11.3 Å². The maximum Gasteiger partial charge on any atom is 0.191 e. The molecule has 6 nitrogen and oxygen atoms in total. The Morgan fingerprint density at radius 3 is 2.52 bits per heavy atom. The molecule has 0 saturated carbocycles. The Labute approximate surface area is 177 Å². The summed E-state index contributed by atoms with van der Waals surface area (Å²) < 4.78 is 10.7. The van der Waals surface area contributed by atoms with Gasteiger partial charge in [-0.1, -0.05) is 41.9 Å². The van der Waals surface area contributed by atoms with Crippen LogP contribution >= 0.6 is 11.6 Å². The predicted octanol–water partition coefficient (Wildman–Crippen LogP) is 3.09. The zero-order valence-corrected chi connectivity index (χ0v) is 17.8. The molecule has 1 atom stereocenters. The molecule has 0 spiro atoms. The van der Waals surface area contributed by atoms with Gasteiger partial charge in [0.2, 0.25) is 0 Å². The van der Waals surface area contributed by atoms with E-state index in [0.29, 0.717) is 13.1 Å². The maximum absolute atomic E-state index is 6.51. The van der Waals surface area contributed by atoms with Gasteiger partial charge in [0.25, 0.3) is 0 Å². The van der Waals surface area contributed by atoms with Gasteiger partial charge in [0, 0.05) is 38.2 Å². The number of halogens is 1. The van der Waals surface area contributed by atoms with E-state index in [1.807, 2.05) is 42.5 Å². The minimum absolute atomic E-state index is 0.145. The van der Waals surface area contributed by atoms with Gasteiger partial charge in [-0.2, -0.15) is 0 Å². The molecule has 0 radical (unpaired) electrons. The van der Waals surface area contributed by atoms with E-state index in [9.17, 15) is 0 Å². The third-order valence-corrected chi connectivity index (χ3v) is 5.40. The molecule has 1 aliphatic heterocycles. The van der Waals surface area contributed by atoms with Gasteiger partial charge in [0.15, 0.2) is 5.96 Å². The topological polar surface area (TPSA) is 58.1 Å². The van der Waals surface area contributed by atoms with Crippen molar-refractivity contribution in [3.05, 3.63) is 64.7 Å². The second kappa shape index (κ2) is 11.0. The van der Waals surface area contributed by atoms with E-state index < -0.39 is 0 Å². The first kappa shape index (κ1) is 21.4. The first-order chi connectivity index (χ1) is 14.2. The number of nitrogens with zero attached hydrogens (tertiary/aromatic N) is 2. The van der Waals surface area contributed by atoms with Gasteiger partial charge in [-0.15, -0.1) is 0 Å². The first-order valence-electron chi connectivity index (χ1n) is 9.85. The summed E-state index contributed by atoms with van der Waals surface area (Å²) in [6.45, 7) is 4.63. The van der Waals surface area contributed by atoms with Crippen molar-refractivity contribution in [2.45, 2.75) is 12.6 Å². The van der Waals surface area contributed by atoms with Crippen LogP contribution in [0, 0.1) is 0 Å². The molecule has 29 heavy (non-hydrogen) atoms. The first-order valence-corrected chi connectivity index (χ1v) is 10.2. The number of benzene rings is 2. The van der Waals surface area contributed by atoms with Crippen LogP contribution in [0.25, 0.3) is 0 Å². The van der Waals surface area contributed by atoms with Crippen molar-refractivity contribution >= 4 is 17.6 Å². The molecular weight excluding hydrogens is 388 g/mol. The average Bonchev–Trinajstić information content (AvgIpc) is 2.78. The van der Waals surface area contributed by atoms with Crippen LogP contribution in [0.1, 0.15) is 17.2 Å². The standard InChI is InChI=1S/C22H29ClN4O2/c1-24-22(25-15-17-7-9-18(28-2)10-8-17)26-16-21(27-11-13-29-14-12-27)19-5-3-4-6-20(19)23/h3-10,21H,11-16H2,1-2H3,(H2,24,25,26). The third kappa shape index (κ3) is 6.10. The van der Waals surface area contributed by atoms with Crippen LogP contribution in [0.3, 0.4) is 0 Å². The summed E-state index contributed by atoms with van der Waals surface area (Å²) in [6.07, 6.45) is 0. The summed E-state index contributed by atoms with van der Waals surface area (Å²) in [7, 11) is 3.45.